The lowest BCUT2D eigenvalue weighted by Gasteiger charge is -2.12. The Bertz CT molecular complexity index is 1180. The second kappa shape index (κ2) is 8.07. The standard InChI is InChI=1S/C20H19F2N5O3/c1-29-15-6-16(30-2)18(22)13(17(15)21)5-11-7-23-20-19(11)26-14(9-24-20)12-8-25-27(10-12)3-4-28/h6-10,28H,3-5H2,1-2H3,(H,23,24). The van der Waals surface area contributed by atoms with E-state index in [1.54, 1.807) is 29.5 Å². The molecule has 3 aromatic heterocycles. The second-order valence-electron chi connectivity index (χ2n) is 6.55. The highest BCUT2D eigenvalue weighted by Crippen LogP contribution is 2.33. The first-order valence-electron chi connectivity index (χ1n) is 9.11. The molecule has 10 heteroatoms. The molecular weight excluding hydrogens is 396 g/mol. The van der Waals surface area contributed by atoms with Crippen LogP contribution >= 0.6 is 0 Å². The molecule has 0 aliphatic rings. The number of aromatic nitrogens is 5. The number of ether oxygens (including phenoxy) is 2. The van der Waals surface area contributed by atoms with Crippen LogP contribution < -0.4 is 9.47 Å². The number of halogens is 2. The zero-order valence-corrected chi connectivity index (χ0v) is 16.3. The summed E-state index contributed by atoms with van der Waals surface area (Å²) in [4.78, 5) is 11.9. The zero-order chi connectivity index (χ0) is 21.3. The number of H-pyrrole nitrogens is 1. The summed E-state index contributed by atoms with van der Waals surface area (Å²) < 4.78 is 41.1. The van der Waals surface area contributed by atoms with Gasteiger partial charge in [-0.05, 0) is 0 Å². The smallest absolute Gasteiger partial charge is 0.171 e. The number of aliphatic hydroxyl groups is 1. The van der Waals surface area contributed by atoms with E-state index in [0.29, 0.717) is 34.5 Å². The van der Waals surface area contributed by atoms with Gasteiger partial charge in [-0.2, -0.15) is 5.10 Å². The predicted octanol–water partition coefficient (Wildman–Crippen LogP) is 2.70. The third-order valence-electron chi connectivity index (χ3n) is 4.75. The topological polar surface area (TPSA) is 98.1 Å². The molecule has 0 fully saturated rings. The number of nitrogens with zero attached hydrogens (tertiary/aromatic N) is 4. The maximum atomic E-state index is 14.8. The monoisotopic (exact) mass is 415 g/mol. The lowest BCUT2D eigenvalue weighted by Crippen LogP contribution is -2.03. The van der Waals surface area contributed by atoms with Gasteiger partial charge < -0.3 is 19.6 Å². The summed E-state index contributed by atoms with van der Waals surface area (Å²) in [6, 6.07) is 1.17. The van der Waals surface area contributed by atoms with Gasteiger partial charge in [0.2, 0.25) is 0 Å². The van der Waals surface area contributed by atoms with Gasteiger partial charge in [0.1, 0.15) is 5.52 Å². The molecule has 0 aliphatic heterocycles. The summed E-state index contributed by atoms with van der Waals surface area (Å²) in [6.07, 6.45) is 6.48. The van der Waals surface area contributed by atoms with Crippen LogP contribution in [0.4, 0.5) is 8.78 Å². The van der Waals surface area contributed by atoms with Crippen LogP contribution in [-0.4, -0.2) is 50.7 Å². The molecule has 156 valence electrons. The average Bonchev–Trinajstić information content (AvgIpc) is 3.38. The number of hydrogen-bond acceptors (Lipinski definition) is 6. The molecule has 0 spiro atoms. The van der Waals surface area contributed by atoms with Crippen molar-refractivity contribution in [1.82, 2.24) is 24.7 Å². The zero-order valence-electron chi connectivity index (χ0n) is 16.3. The Morgan fingerprint density at radius 1 is 1.13 bits per heavy atom. The van der Waals surface area contributed by atoms with Gasteiger partial charge in [0.15, 0.2) is 28.8 Å². The quantitative estimate of drug-likeness (QED) is 0.482. The number of methoxy groups -OCH3 is 2. The normalized spacial score (nSPS) is 11.2. The molecule has 8 nitrogen and oxygen atoms in total. The van der Waals surface area contributed by atoms with E-state index in [1.807, 2.05) is 0 Å². The summed E-state index contributed by atoms with van der Waals surface area (Å²) in [5.74, 6) is -1.79. The third-order valence-corrected chi connectivity index (χ3v) is 4.75. The summed E-state index contributed by atoms with van der Waals surface area (Å²) in [5, 5.41) is 13.2. The molecule has 0 atom stereocenters. The molecule has 0 saturated carbocycles. The van der Waals surface area contributed by atoms with E-state index < -0.39 is 11.6 Å². The Hall–Kier alpha value is -3.53. The highest BCUT2D eigenvalue weighted by atomic mass is 19.1. The first kappa shape index (κ1) is 19.8. The van der Waals surface area contributed by atoms with Crippen molar-refractivity contribution < 1.29 is 23.4 Å². The minimum absolute atomic E-state index is 0.0328. The van der Waals surface area contributed by atoms with Gasteiger partial charge in [-0.1, -0.05) is 0 Å². The number of hydrogen-bond donors (Lipinski definition) is 2. The van der Waals surface area contributed by atoms with Crippen LogP contribution in [0.25, 0.3) is 22.4 Å². The minimum Gasteiger partial charge on any atom is -0.494 e. The number of benzene rings is 1. The fourth-order valence-corrected chi connectivity index (χ4v) is 3.22. The second-order valence-corrected chi connectivity index (χ2v) is 6.55. The van der Waals surface area contributed by atoms with E-state index in [0.717, 1.165) is 0 Å². The molecule has 30 heavy (non-hydrogen) atoms. The maximum absolute atomic E-state index is 14.8. The van der Waals surface area contributed by atoms with Gasteiger partial charge in [-0.25, -0.2) is 18.7 Å². The molecule has 0 aliphatic carbocycles. The first-order valence-corrected chi connectivity index (χ1v) is 9.11. The van der Waals surface area contributed by atoms with Crippen molar-refractivity contribution >= 4 is 11.2 Å². The van der Waals surface area contributed by atoms with Crippen LogP contribution in [0.2, 0.25) is 0 Å². The van der Waals surface area contributed by atoms with Gasteiger partial charge >= 0.3 is 0 Å². The van der Waals surface area contributed by atoms with Crippen LogP contribution in [0.5, 0.6) is 11.5 Å². The fraction of sp³-hybridized carbons (Fsp3) is 0.250. The van der Waals surface area contributed by atoms with Gasteiger partial charge in [-0.3, -0.25) is 4.68 Å². The lowest BCUT2D eigenvalue weighted by molar-refractivity contribution is 0.269. The van der Waals surface area contributed by atoms with Crippen molar-refractivity contribution in [2.24, 2.45) is 0 Å². The number of nitrogens with one attached hydrogen (secondary N) is 1. The van der Waals surface area contributed by atoms with E-state index >= 15 is 0 Å². The molecular formula is C20H19F2N5O3. The number of aromatic amines is 1. The van der Waals surface area contributed by atoms with Crippen molar-refractivity contribution in [3.63, 3.8) is 0 Å². The van der Waals surface area contributed by atoms with Crippen molar-refractivity contribution in [2.75, 3.05) is 20.8 Å². The van der Waals surface area contributed by atoms with E-state index in [9.17, 15) is 8.78 Å². The Kier molecular flexibility index (Phi) is 5.32. The Balaban J connectivity index is 1.75. The fourth-order valence-electron chi connectivity index (χ4n) is 3.22. The molecule has 4 rings (SSSR count). The Morgan fingerprint density at radius 2 is 1.87 bits per heavy atom. The number of aliphatic hydroxyl groups excluding tert-OH is 1. The van der Waals surface area contributed by atoms with Crippen LogP contribution in [-0.2, 0) is 13.0 Å². The van der Waals surface area contributed by atoms with Gasteiger partial charge in [0, 0.05) is 41.6 Å². The predicted molar refractivity (Wildman–Crippen MR) is 104 cm³/mol. The highest BCUT2D eigenvalue weighted by Gasteiger charge is 2.22. The van der Waals surface area contributed by atoms with Crippen molar-refractivity contribution in [3.8, 4) is 22.8 Å². The molecule has 4 aromatic rings. The molecule has 2 N–H and O–H groups in total. The molecule has 0 bridgehead atoms. The van der Waals surface area contributed by atoms with E-state index in [4.69, 9.17) is 14.6 Å². The minimum atomic E-state index is -0.792. The number of rotatable bonds is 7. The molecule has 1 aromatic carbocycles. The summed E-state index contributed by atoms with van der Waals surface area (Å²) in [7, 11) is 2.61. The SMILES string of the molecule is COc1cc(OC)c(F)c(Cc2c[nH]c3ncc(-c4cnn(CCO)c4)nc23)c1F. The first-order chi connectivity index (χ1) is 14.5. The Morgan fingerprint density at radius 3 is 2.53 bits per heavy atom. The van der Waals surface area contributed by atoms with E-state index in [-0.39, 0.29) is 30.1 Å². The van der Waals surface area contributed by atoms with E-state index in [1.165, 1.54) is 20.3 Å². The van der Waals surface area contributed by atoms with Crippen molar-refractivity contribution in [2.45, 2.75) is 13.0 Å². The molecule has 0 unspecified atom stereocenters. The van der Waals surface area contributed by atoms with Crippen LogP contribution in [0.3, 0.4) is 0 Å². The maximum Gasteiger partial charge on any atom is 0.171 e. The highest BCUT2D eigenvalue weighted by molar-refractivity contribution is 5.78. The van der Waals surface area contributed by atoms with Crippen LogP contribution in [0.15, 0.2) is 30.9 Å². The number of fused-ring (bicyclic) bond motifs is 1. The molecule has 3 heterocycles. The molecule has 0 amide bonds. The van der Waals surface area contributed by atoms with Gasteiger partial charge in [0.05, 0.1) is 45.5 Å². The van der Waals surface area contributed by atoms with Gasteiger partial charge in [0.25, 0.3) is 0 Å². The lowest BCUT2D eigenvalue weighted by atomic mass is 10.0. The van der Waals surface area contributed by atoms with E-state index in [2.05, 4.69) is 20.1 Å². The molecule has 0 radical (unpaired) electrons. The van der Waals surface area contributed by atoms with Crippen molar-refractivity contribution in [1.29, 1.82) is 0 Å². The average molecular weight is 415 g/mol. The summed E-state index contributed by atoms with van der Waals surface area (Å²) >= 11 is 0. The Labute approximate surface area is 170 Å². The van der Waals surface area contributed by atoms with Gasteiger partial charge in [-0.15, -0.1) is 0 Å². The largest absolute Gasteiger partial charge is 0.494 e. The molecule has 0 saturated heterocycles. The van der Waals surface area contributed by atoms with Crippen LogP contribution in [0, 0.1) is 11.6 Å². The van der Waals surface area contributed by atoms with Crippen LogP contribution in [0.1, 0.15) is 11.1 Å². The summed E-state index contributed by atoms with van der Waals surface area (Å²) in [6.45, 7) is 0.330. The third kappa shape index (κ3) is 3.45. The summed E-state index contributed by atoms with van der Waals surface area (Å²) in [5.41, 5.74) is 2.63. The van der Waals surface area contributed by atoms with Crippen molar-refractivity contribution in [3.05, 3.63) is 53.6 Å².